The number of likely N-dealkylation sites (tertiary alicyclic amines) is 1. The first-order valence-corrected chi connectivity index (χ1v) is 7.07. The Labute approximate surface area is 128 Å². The number of amides is 2. The molecule has 6 nitrogen and oxygen atoms in total. The summed E-state index contributed by atoms with van der Waals surface area (Å²) in [5.41, 5.74) is 6.33. The standard InChI is InChI=1S/C16H18N2O4/c17-15(20)12-6-3-11(4-7-12)5-8-14(19)18-9-1-2-13(10-18)16(21)22/h3-8,13H,1-2,9-10H2,(H2,17,20)(H,21,22)/b8-5+. The van der Waals surface area contributed by atoms with Crippen LogP contribution in [0, 0.1) is 5.92 Å². The van der Waals surface area contributed by atoms with Crippen LogP contribution in [0.2, 0.25) is 0 Å². The van der Waals surface area contributed by atoms with E-state index in [9.17, 15) is 14.4 Å². The predicted octanol–water partition coefficient (Wildman–Crippen LogP) is 1.12. The highest BCUT2D eigenvalue weighted by molar-refractivity contribution is 5.94. The first-order chi connectivity index (χ1) is 10.5. The van der Waals surface area contributed by atoms with E-state index in [2.05, 4.69) is 0 Å². The maximum Gasteiger partial charge on any atom is 0.308 e. The Morgan fingerprint density at radius 3 is 2.50 bits per heavy atom. The van der Waals surface area contributed by atoms with Crippen LogP contribution in [0.3, 0.4) is 0 Å². The van der Waals surface area contributed by atoms with Crippen LogP contribution in [0.15, 0.2) is 30.3 Å². The summed E-state index contributed by atoms with van der Waals surface area (Å²) in [6.07, 6.45) is 4.36. The molecule has 1 heterocycles. The Hall–Kier alpha value is -2.63. The highest BCUT2D eigenvalue weighted by Gasteiger charge is 2.26. The minimum Gasteiger partial charge on any atom is -0.481 e. The molecule has 1 unspecified atom stereocenters. The van der Waals surface area contributed by atoms with Crippen molar-refractivity contribution in [2.75, 3.05) is 13.1 Å². The molecule has 0 radical (unpaired) electrons. The van der Waals surface area contributed by atoms with E-state index in [0.717, 1.165) is 5.56 Å². The molecule has 0 saturated carbocycles. The van der Waals surface area contributed by atoms with E-state index in [4.69, 9.17) is 10.8 Å². The molecule has 1 atom stereocenters. The van der Waals surface area contributed by atoms with E-state index in [0.29, 0.717) is 24.9 Å². The number of carboxylic acids is 1. The fourth-order valence-electron chi connectivity index (χ4n) is 2.41. The van der Waals surface area contributed by atoms with Crippen molar-refractivity contribution in [3.63, 3.8) is 0 Å². The lowest BCUT2D eigenvalue weighted by atomic mass is 9.98. The molecule has 1 saturated heterocycles. The van der Waals surface area contributed by atoms with Crippen molar-refractivity contribution in [2.24, 2.45) is 11.7 Å². The van der Waals surface area contributed by atoms with Gasteiger partial charge in [-0.2, -0.15) is 0 Å². The zero-order valence-corrected chi connectivity index (χ0v) is 12.1. The molecular formula is C16H18N2O4. The molecule has 1 aromatic rings. The molecule has 0 aromatic heterocycles. The Balaban J connectivity index is 1.98. The van der Waals surface area contributed by atoms with Gasteiger partial charge >= 0.3 is 5.97 Å². The number of aliphatic carboxylic acids is 1. The predicted molar refractivity (Wildman–Crippen MR) is 80.9 cm³/mol. The van der Waals surface area contributed by atoms with E-state index in [1.807, 2.05) is 0 Å². The zero-order chi connectivity index (χ0) is 16.1. The SMILES string of the molecule is NC(=O)c1ccc(/C=C/C(=O)N2CCCC(C(=O)O)C2)cc1. The molecule has 116 valence electrons. The van der Waals surface area contributed by atoms with Crippen LogP contribution >= 0.6 is 0 Å². The second kappa shape index (κ2) is 6.89. The summed E-state index contributed by atoms with van der Waals surface area (Å²) >= 11 is 0. The van der Waals surface area contributed by atoms with E-state index in [-0.39, 0.29) is 12.5 Å². The van der Waals surface area contributed by atoms with Crippen LogP contribution in [-0.2, 0) is 9.59 Å². The number of nitrogens with two attached hydrogens (primary N) is 1. The summed E-state index contributed by atoms with van der Waals surface area (Å²) < 4.78 is 0. The Morgan fingerprint density at radius 2 is 1.91 bits per heavy atom. The van der Waals surface area contributed by atoms with Crippen LogP contribution in [0.4, 0.5) is 0 Å². The van der Waals surface area contributed by atoms with Gasteiger partial charge in [-0.15, -0.1) is 0 Å². The molecule has 22 heavy (non-hydrogen) atoms. The zero-order valence-electron chi connectivity index (χ0n) is 12.1. The molecule has 1 fully saturated rings. The van der Waals surface area contributed by atoms with E-state index in [1.165, 1.54) is 6.08 Å². The van der Waals surface area contributed by atoms with E-state index < -0.39 is 17.8 Å². The fourth-order valence-corrected chi connectivity index (χ4v) is 2.41. The van der Waals surface area contributed by atoms with Crippen molar-refractivity contribution in [3.05, 3.63) is 41.5 Å². The number of nitrogens with zero attached hydrogens (tertiary/aromatic N) is 1. The molecule has 1 aromatic carbocycles. The molecule has 0 bridgehead atoms. The van der Waals surface area contributed by atoms with Crippen molar-refractivity contribution in [1.29, 1.82) is 0 Å². The second-order valence-electron chi connectivity index (χ2n) is 5.28. The van der Waals surface area contributed by atoms with Crippen LogP contribution in [0.25, 0.3) is 6.08 Å². The van der Waals surface area contributed by atoms with Gasteiger partial charge in [-0.3, -0.25) is 14.4 Å². The highest BCUT2D eigenvalue weighted by atomic mass is 16.4. The molecule has 6 heteroatoms. The van der Waals surface area contributed by atoms with Crippen LogP contribution < -0.4 is 5.73 Å². The number of carbonyl (C=O) groups excluding carboxylic acids is 2. The van der Waals surface area contributed by atoms with Gasteiger partial charge in [-0.25, -0.2) is 0 Å². The maximum absolute atomic E-state index is 12.1. The van der Waals surface area contributed by atoms with Crippen molar-refractivity contribution < 1.29 is 19.5 Å². The number of primary amides is 1. The number of hydrogen-bond acceptors (Lipinski definition) is 3. The third kappa shape index (κ3) is 3.94. The Morgan fingerprint density at radius 1 is 1.23 bits per heavy atom. The summed E-state index contributed by atoms with van der Waals surface area (Å²) in [6, 6.07) is 6.57. The van der Waals surface area contributed by atoms with Crippen molar-refractivity contribution in [2.45, 2.75) is 12.8 Å². The minimum atomic E-state index is -0.858. The van der Waals surface area contributed by atoms with Gasteiger partial charge in [0.25, 0.3) is 0 Å². The molecule has 1 aliphatic heterocycles. The smallest absolute Gasteiger partial charge is 0.308 e. The second-order valence-corrected chi connectivity index (χ2v) is 5.28. The maximum atomic E-state index is 12.1. The third-order valence-electron chi connectivity index (χ3n) is 3.70. The monoisotopic (exact) mass is 302 g/mol. The lowest BCUT2D eigenvalue weighted by molar-refractivity contribution is -0.144. The summed E-state index contributed by atoms with van der Waals surface area (Å²) in [4.78, 5) is 35.6. The van der Waals surface area contributed by atoms with Crippen molar-refractivity contribution in [3.8, 4) is 0 Å². The van der Waals surface area contributed by atoms with Crippen molar-refractivity contribution in [1.82, 2.24) is 4.90 Å². The van der Waals surface area contributed by atoms with E-state index in [1.54, 1.807) is 35.2 Å². The summed E-state index contributed by atoms with van der Waals surface area (Å²) in [7, 11) is 0. The molecule has 2 rings (SSSR count). The van der Waals surface area contributed by atoms with Crippen LogP contribution in [-0.4, -0.2) is 40.9 Å². The van der Waals surface area contributed by atoms with Gasteiger partial charge in [0.2, 0.25) is 11.8 Å². The van der Waals surface area contributed by atoms with Gasteiger partial charge in [0.1, 0.15) is 0 Å². The van der Waals surface area contributed by atoms with Gasteiger partial charge < -0.3 is 15.7 Å². The van der Waals surface area contributed by atoms with Gasteiger partial charge in [0, 0.05) is 24.7 Å². The average Bonchev–Trinajstić information content (AvgIpc) is 2.53. The first-order valence-electron chi connectivity index (χ1n) is 7.07. The Bertz CT molecular complexity index is 607. The topological polar surface area (TPSA) is 101 Å². The molecular weight excluding hydrogens is 284 g/mol. The van der Waals surface area contributed by atoms with Crippen LogP contribution in [0.1, 0.15) is 28.8 Å². The van der Waals surface area contributed by atoms with Gasteiger partial charge in [-0.05, 0) is 36.6 Å². The molecule has 3 N–H and O–H groups in total. The normalized spacial score (nSPS) is 18.4. The molecule has 0 spiro atoms. The number of piperidine rings is 1. The number of benzene rings is 1. The molecule has 0 aliphatic carbocycles. The van der Waals surface area contributed by atoms with Crippen LogP contribution in [0.5, 0.6) is 0 Å². The summed E-state index contributed by atoms with van der Waals surface area (Å²) in [5.74, 6) is -2.05. The molecule has 2 amide bonds. The lowest BCUT2D eigenvalue weighted by Crippen LogP contribution is -2.41. The first kappa shape index (κ1) is 15.8. The summed E-state index contributed by atoms with van der Waals surface area (Å²) in [6.45, 7) is 0.826. The number of carbonyl (C=O) groups is 3. The summed E-state index contributed by atoms with van der Waals surface area (Å²) in [5, 5.41) is 9.02. The fraction of sp³-hybridized carbons (Fsp3) is 0.312. The number of rotatable bonds is 4. The quantitative estimate of drug-likeness (QED) is 0.814. The van der Waals surface area contributed by atoms with Gasteiger partial charge in [0.15, 0.2) is 0 Å². The highest BCUT2D eigenvalue weighted by Crippen LogP contribution is 2.17. The number of carboxylic acid groups (broad SMARTS) is 1. The average molecular weight is 302 g/mol. The Kier molecular flexibility index (Phi) is 4.93. The van der Waals surface area contributed by atoms with E-state index >= 15 is 0 Å². The number of hydrogen-bond donors (Lipinski definition) is 2. The van der Waals surface area contributed by atoms with Gasteiger partial charge in [0.05, 0.1) is 5.92 Å². The minimum absolute atomic E-state index is 0.204. The molecule has 1 aliphatic rings. The lowest BCUT2D eigenvalue weighted by Gasteiger charge is -2.29. The third-order valence-corrected chi connectivity index (χ3v) is 3.70. The van der Waals surface area contributed by atoms with Gasteiger partial charge in [-0.1, -0.05) is 12.1 Å². The van der Waals surface area contributed by atoms with Crippen molar-refractivity contribution >= 4 is 23.9 Å². The largest absolute Gasteiger partial charge is 0.481 e.